The third-order valence-corrected chi connectivity index (χ3v) is 4.79. The summed E-state index contributed by atoms with van der Waals surface area (Å²) in [6.07, 6.45) is 7.60. The molecule has 2 rings (SSSR count). The van der Waals surface area contributed by atoms with Crippen molar-refractivity contribution in [2.45, 2.75) is 52.2 Å². The number of aliphatic imine (C=N–C) groups is 1. The van der Waals surface area contributed by atoms with Crippen LogP contribution in [0.1, 0.15) is 46.6 Å². The van der Waals surface area contributed by atoms with Gasteiger partial charge in [0, 0.05) is 32.0 Å². The fourth-order valence-corrected chi connectivity index (χ4v) is 2.88. The van der Waals surface area contributed by atoms with Crippen molar-refractivity contribution in [1.82, 2.24) is 19.8 Å². The molecule has 1 aliphatic rings. The van der Waals surface area contributed by atoms with E-state index in [-0.39, 0.29) is 24.0 Å². The second kappa shape index (κ2) is 9.60. The molecule has 7 heteroatoms. The monoisotopic (exact) mass is 449 g/mol. The Balaban J connectivity index is 0.00000288. The molecule has 1 aliphatic heterocycles. The number of aliphatic hydroxyl groups is 1. The smallest absolute Gasteiger partial charge is 0.194 e. The molecule has 0 aromatic carbocycles. The maximum absolute atomic E-state index is 10.2. The first-order valence-corrected chi connectivity index (χ1v) is 8.70. The zero-order valence-electron chi connectivity index (χ0n) is 15.3. The molecular weight excluding hydrogens is 417 g/mol. The van der Waals surface area contributed by atoms with E-state index >= 15 is 0 Å². The number of aromatic nitrogens is 2. The van der Waals surface area contributed by atoms with Gasteiger partial charge in [0.1, 0.15) is 0 Å². The lowest BCUT2D eigenvalue weighted by molar-refractivity contribution is 0.0651. The average molecular weight is 449 g/mol. The SMILES string of the molecule is CCNC(=NCC(C)(O)CC)N1CCC(C)C(n2ccnc2)C1.I. The van der Waals surface area contributed by atoms with E-state index in [1.54, 1.807) is 0 Å². The number of imidazole rings is 1. The quantitative estimate of drug-likeness (QED) is 0.412. The van der Waals surface area contributed by atoms with Gasteiger partial charge in [-0.05, 0) is 32.6 Å². The highest BCUT2D eigenvalue weighted by Gasteiger charge is 2.29. The number of nitrogens with zero attached hydrogens (tertiary/aromatic N) is 4. The lowest BCUT2D eigenvalue weighted by Gasteiger charge is -2.39. The summed E-state index contributed by atoms with van der Waals surface area (Å²) in [5.74, 6) is 1.51. The number of rotatable bonds is 5. The van der Waals surface area contributed by atoms with E-state index in [0.29, 0.717) is 24.9 Å². The van der Waals surface area contributed by atoms with Crippen LogP contribution in [0.3, 0.4) is 0 Å². The molecule has 0 aliphatic carbocycles. The average Bonchev–Trinajstić information content (AvgIpc) is 3.06. The minimum absolute atomic E-state index is 0. The summed E-state index contributed by atoms with van der Waals surface area (Å²) >= 11 is 0. The Morgan fingerprint density at radius 2 is 2.21 bits per heavy atom. The molecule has 0 amide bonds. The lowest BCUT2D eigenvalue weighted by Crippen LogP contribution is -2.49. The Morgan fingerprint density at radius 3 is 2.79 bits per heavy atom. The van der Waals surface area contributed by atoms with E-state index in [9.17, 15) is 5.11 Å². The van der Waals surface area contributed by atoms with Crippen molar-refractivity contribution >= 4 is 29.9 Å². The van der Waals surface area contributed by atoms with E-state index in [2.05, 4.69) is 38.6 Å². The molecule has 1 aromatic heterocycles. The first kappa shape index (κ1) is 21.2. The van der Waals surface area contributed by atoms with Crippen molar-refractivity contribution in [2.75, 3.05) is 26.2 Å². The van der Waals surface area contributed by atoms with Gasteiger partial charge in [0.15, 0.2) is 5.96 Å². The highest BCUT2D eigenvalue weighted by Crippen LogP contribution is 2.27. The lowest BCUT2D eigenvalue weighted by atomic mass is 9.93. The van der Waals surface area contributed by atoms with Gasteiger partial charge >= 0.3 is 0 Å². The highest BCUT2D eigenvalue weighted by atomic mass is 127. The van der Waals surface area contributed by atoms with E-state index in [4.69, 9.17) is 0 Å². The first-order valence-electron chi connectivity index (χ1n) is 8.70. The van der Waals surface area contributed by atoms with Crippen LogP contribution in [0.4, 0.5) is 0 Å². The Bertz CT molecular complexity index is 503. The maximum Gasteiger partial charge on any atom is 0.194 e. The molecule has 24 heavy (non-hydrogen) atoms. The Labute approximate surface area is 162 Å². The van der Waals surface area contributed by atoms with Gasteiger partial charge in [-0.1, -0.05) is 13.8 Å². The molecule has 0 radical (unpaired) electrons. The Morgan fingerprint density at radius 1 is 1.46 bits per heavy atom. The molecule has 1 fully saturated rings. The van der Waals surface area contributed by atoms with Crippen molar-refractivity contribution in [3.05, 3.63) is 18.7 Å². The topological polar surface area (TPSA) is 65.7 Å². The summed E-state index contributed by atoms with van der Waals surface area (Å²) in [6.45, 7) is 11.4. The second-order valence-electron chi connectivity index (χ2n) is 6.81. The highest BCUT2D eigenvalue weighted by molar-refractivity contribution is 14.0. The molecule has 138 valence electrons. The summed E-state index contributed by atoms with van der Waals surface area (Å²) in [5, 5.41) is 13.6. The fourth-order valence-electron chi connectivity index (χ4n) is 2.88. The van der Waals surface area contributed by atoms with Crippen molar-refractivity contribution in [2.24, 2.45) is 10.9 Å². The Kier molecular flexibility index (Phi) is 8.49. The van der Waals surface area contributed by atoms with Crippen molar-refractivity contribution in [1.29, 1.82) is 0 Å². The van der Waals surface area contributed by atoms with Gasteiger partial charge in [0.2, 0.25) is 0 Å². The first-order chi connectivity index (χ1) is 11.0. The number of guanidine groups is 1. The van der Waals surface area contributed by atoms with E-state index in [1.165, 1.54) is 0 Å². The molecule has 2 N–H and O–H groups in total. The van der Waals surface area contributed by atoms with Crippen LogP contribution >= 0.6 is 24.0 Å². The largest absolute Gasteiger partial charge is 0.388 e. The minimum Gasteiger partial charge on any atom is -0.388 e. The standard InChI is InChI=1S/C17H31N5O.HI/c1-5-17(4,23)12-20-16(19-6-2)21-9-7-14(3)15(11-21)22-10-8-18-13-22;/h8,10,13-15,23H,5-7,9,11-12H2,1-4H3,(H,19,20);1H. The van der Waals surface area contributed by atoms with Gasteiger partial charge in [-0.2, -0.15) is 0 Å². The van der Waals surface area contributed by atoms with Crippen LogP contribution in [0.25, 0.3) is 0 Å². The number of hydrogen-bond acceptors (Lipinski definition) is 3. The number of likely N-dealkylation sites (tertiary alicyclic amines) is 1. The predicted molar refractivity (Wildman–Crippen MR) is 109 cm³/mol. The van der Waals surface area contributed by atoms with Gasteiger partial charge in [-0.3, -0.25) is 4.99 Å². The van der Waals surface area contributed by atoms with Gasteiger partial charge in [0.25, 0.3) is 0 Å². The van der Waals surface area contributed by atoms with E-state index in [0.717, 1.165) is 32.0 Å². The predicted octanol–water partition coefficient (Wildman–Crippen LogP) is 2.51. The van der Waals surface area contributed by atoms with Crippen molar-refractivity contribution in [3.8, 4) is 0 Å². The van der Waals surface area contributed by atoms with Gasteiger partial charge in [-0.15, -0.1) is 24.0 Å². The van der Waals surface area contributed by atoms with Crippen LogP contribution in [-0.4, -0.2) is 57.3 Å². The summed E-state index contributed by atoms with van der Waals surface area (Å²) in [7, 11) is 0. The molecule has 0 spiro atoms. The summed E-state index contributed by atoms with van der Waals surface area (Å²) in [5.41, 5.74) is -0.743. The molecule has 1 aromatic rings. The molecule has 0 bridgehead atoms. The van der Waals surface area contributed by atoms with Crippen molar-refractivity contribution in [3.63, 3.8) is 0 Å². The number of halogens is 1. The molecule has 1 saturated heterocycles. The number of nitrogens with one attached hydrogen (secondary N) is 1. The van der Waals surface area contributed by atoms with Crippen LogP contribution in [0.5, 0.6) is 0 Å². The van der Waals surface area contributed by atoms with Gasteiger partial charge in [-0.25, -0.2) is 4.98 Å². The van der Waals surface area contributed by atoms with E-state index < -0.39 is 5.60 Å². The summed E-state index contributed by atoms with van der Waals surface area (Å²) in [6, 6.07) is 0.404. The molecule has 0 saturated carbocycles. The normalized spacial score (nSPS) is 24.2. The third-order valence-electron chi connectivity index (χ3n) is 4.79. The second-order valence-corrected chi connectivity index (χ2v) is 6.81. The summed E-state index contributed by atoms with van der Waals surface area (Å²) in [4.78, 5) is 11.2. The van der Waals surface area contributed by atoms with E-state index in [1.807, 2.05) is 32.6 Å². The van der Waals surface area contributed by atoms with Gasteiger partial charge < -0.3 is 19.9 Å². The third kappa shape index (κ3) is 5.61. The zero-order chi connectivity index (χ0) is 16.9. The summed E-state index contributed by atoms with van der Waals surface area (Å²) < 4.78 is 2.20. The molecule has 6 nitrogen and oxygen atoms in total. The van der Waals surface area contributed by atoms with Gasteiger partial charge in [0.05, 0.1) is 24.5 Å². The zero-order valence-corrected chi connectivity index (χ0v) is 17.6. The fraction of sp³-hybridized carbons (Fsp3) is 0.765. The van der Waals surface area contributed by atoms with Crippen molar-refractivity contribution < 1.29 is 5.11 Å². The Hall–Kier alpha value is -0.830. The van der Waals surface area contributed by atoms with Crippen LogP contribution < -0.4 is 5.32 Å². The molecule has 3 atom stereocenters. The maximum atomic E-state index is 10.2. The number of hydrogen-bond donors (Lipinski definition) is 2. The van der Waals surface area contributed by atoms with Crippen LogP contribution in [0, 0.1) is 5.92 Å². The molecule has 3 unspecified atom stereocenters. The number of piperidine rings is 1. The minimum atomic E-state index is -0.743. The van der Waals surface area contributed by atoms with Crippen LogP contribution in [-0.2, 0) is 0 Å². The van der Waals surface area contributed by atoms with Crippen LogP contribution in [0.15, 0.2) is 23.7 Å². The molecule has 2 heterocycles. The van der Waals surface area contributed by atoms with Crippen LogP contribution in [0.2, 0.25) is 0 Å². The molecular formula is C17H32IN5O.